The number of aryl methyl sites for hydroxylation is 1. The monoisotopic (exact) mass is 251 g/mol. The van der Waals surface area contributed by atoms with E-state index >= 15 is 0 Å². The Bertz CT molecular complexity index is 641. The van der Waals surface area contributed by atoms with E-state index in [0.29, 0.717) is 5.95 Å². The minimum Gasteiger partial charge on any atom is -0.324 e. The van der Waals surface area contributed by atoms with E-state index in [1.807, 2.05) is 42.0 Å². The molecule has 0 fully saturated rings. The summed E-state index contributed by atoms with van der Waals surface area (Å²) < 4.78 is 1.95. The zero-order valence-electron chi connectivity index (χ0n) is 10.5. The normalized spacial score (nSPS) is 10.4. The first-order valence-corrected chi connectivity index (χ1v) is 5.95. The fraction of sp³-hybridized carbons (Fsp3) is 0.0714. The number of anilines is 2. The highest BCUT2D eigenvalue weighted by Gasteiger charge is 1.99. The SMILES string of the molecule is Cc1cnc(Nc2ccc(-n3ccnc3)cc2)nc1. The van der Waals surface area contributed by atoms with Gasteiger partial charge in [-0.3, -0.25) is 0 Å². The predicted octanol–water partition coefficient (Wildman–Crippen LogP) is 2.71. The van der Waals surface area contributed by atoms with Crippen molar-refractivity contribution in [2.75, 3.05) is 5.32 Å². The summed E-state index contributed by atoms with van der Waals surface area (Å²) in [7, 11) is 0. The second-order valence-electron chi connectivity index (χ2n) is 4.23. The first-order valence-electron chi connectivity index (χ1n) is 5.95. The lowest BCUT2D eigenvalue weighted by Gasteiger charge is -2.06. The first-order chi connectivity index (χ1) is 9.31. The molecule has 0 aliphatic carbocycles. The van der Waals surface area contributed by atoms with E-state index < -0.39 is 0 Å². The molecule has 0 radical (unpaired) electrons. The average molecular weight is 251 g/mol. The molecule has 5 nitrogen and oxygen atoms in total. The molecule has 2 aromatic heterocycles. The maximum absolute atomic E-state index is 4.21. The summed E-state index contributed by atoms with van der Waals surface area (Å²) in [5, 5.41) is 3.16. The number of benzene rings is 1. The van der Waals surface area contributed by atoms with Crippen molar-refractivity contribution >= 4 is 11.6 Å². The minimum atomic E-state index is 0.598. The summed E-state index contributed by atoms with van der Waals surface area (Å²) in [6.45, 7) is 1.96. The highest BCUT2D eigenvalue weighted by Crippen LogP contribution is 2.15. The molecule has 0 aliphatic heterocycles. The first kappa shape index (κ1) is 11.4. The molecule has 1 aromatic carbocycles. The van der Waals surface area contributed by atoms with Gasteiger partial charge in [0.25, 0.3) is 0 Å². The van der Waals surface area contributed by atoms with Crippen molar-refractivity contribution in [2.24, 2.45) is 0 Å². The van der Waals surface area contributed by atoms with Crippen LogP contribution in [0.3, 0.4) is 0 Å². The van der Waals surface area contributed by atoms with Crippen molar-refractivity contribution in [3.05, 3.63) is 60.9 Å². The van der Waals surface area contributed by atoms with Crippen LogP contribution in [0.5, 0.6) is 0 Å². The predicted molar refractivity (Wildman–Crippen MR) is 73.6 cm³/mol. The second-order valence-corrected chi connectivity index (χ2v) is 4.23. The van der Waals surface area contributed by atoms with E-state index in [0.717, 1.165) is 16.9 Å². The van der Waals surface area contributed by atoms with Gasteiger partial charge in [-0.15, -0.1) is 0 Å². The van der Waals surface area contributed by atoms with Gasteiger partial charge in [-0.05, 0) is 36.8 Å². The summed E-state index contributed by atoms with van der Waals surface area (Å²) in [6, 6.07) is 7.99. The summed E-state index contributed by atoms with van der Waals surface area (Å²) in [4.78, 5) is 12.4. The summed E-state index contributed by atoms with van der Waals surface area (Å²) in [6.07, 6.45) is 9.01. The maximum Gasteiger partial charge on any atom is 0.227 e. The molecule has 0 saturated carbocycles. The number of nitrogens with zero attached hydrogens (tertiary/aromatic N) is 4. The van der Waals surface area contributed by atoms with E-state index in [-0.39, 0.29) is 0 Å². The van der Waals surface area contributed by atoms with Crippen LogP contribution >= 0.6 is 0 Å². The van der Waals surface area contributed by atoms with Gasteiger partial charge in [0.2, 0.25) is 5.95 Å². The van der Waals surface area contributed by atoms with Crippen LogP contribution in [-0.2, 0) is 0 Å². The largest absolute Gasteiger partial charge is 0.324 e. The Morgan fingerprint density at radius 3 is 2.42 bits per heavy atom. The topological polar surface area (TPSA) is 55.6 Å². The van der Waals surface area contributed by atoms with Crippen molar-refractivity contribution in [1.29, 1.82) is 0 Å². The van der Waals surface area contributed by atoms with Gasteiger partial charge in [-0.2, -0.15) is 0 Å². The van der Waals surface area contributed by atoms with E-state index in [1.165, 1.54) is 0 Å². The highest BCUT2D eigenvalue weighted by atomic mass is 15.1. The van der Waals surface area contributed by atoms with E-state index in [4.69, 9.17) is 0 Å². The summed E-state index contributed by atoms with van der Waals surface area (Å²) in [5.41, 5.74) is 3.06. The molecule has 94 valence electrons. The standard InChI is InChI=1S/C14H13N5/c1-11-8-16-14(17-9-11)18-12-2-4-13(5-3-12)19-7-6-15-10-19/h2-10H,1H3,(H,16,17,18). The van der Waals surface area contributed by atoms with Gasteiger partial charge in [0.1, 0.15) is 0 Å². The molecule has 5 heteroatoms. The van der Waals surface area contributed by atoms with E-state index in [1.54, 1.807) is 24.9 Å². The number of rotatable bonds is 3. The zero-order chi connectivity index (χ0) is 13.1. The number of aromatic nitrogens is 4. The Hall–Kier alpha value is -2.69. The van der Waals surface area contributed by atoms with E-state index in [2.05, 4.69) is 20.3 Å². The zero-order valence-corrected chi connectivity index (χ0v) is 10.5. The van der Waals surface area contributed by atoms with Gasteiger partial charge in [0.05, 0.1) is 6.33 Å². The summed E-state index contributed by atoms with van der Waals surface area (Å²) >= 11 is 0. The molecule has 0 aliphatic rings. The van der Waals surface area contributed by atoms with Gasteiger partial charge in [0.15, 0.2) is 0 Å². The molecule has 0 unspecified atom stereocenters. The number of nitrogens with one attached hydrogen (secondary N) is 1. The van der Waals surface area contributed by atoms with Crippen LogP contribution in [0, 0.1) is 6.92 Å². The molecular weight excluding hydrogens is 238 g/mol. The van der Waals surface area contributed by atoms with Crippen molar-refractivity contribution in [2.45, 2.75) is 6.92 Å². The Kier molecular flexibility index (Phi) is 2.94. The van der Waals surface area contributed by atoms with Gasteiger partial charge in [0, 0.05) is 36.2 Å². The van der Waals surface area contributed by atoms with Crippen LogP contribution in [0.2, 0.25) is 0 Å². The van der Waals surface area contributed by atoms with Crippen LogP contribution in [0.4, 0.5) is 11.6 Å². The third-order valence-electron chi connectivity index (χ3n) is 2.71. The molecular formula is C14H13N5. The van der Waals surface area contributed by atoms with E-state index in [9.17, 15) is 0 Å². The van der Waals surface area contributed by atoms with Crippen molar-refractivity contribution < 1.29 is 0 Å². The molecule has 2 heterocycles. The number of hydrogen-bond donors (Lipinski definition) is 1. The van der Waals surface area contributed by atoms with Crippen LogP contribution in [0.1, 0.15) is 5.56 Å². The smallest absolute Gasteiger partial charge is 0.227 e. The molecule has 0 amide bonds. The molecule has 3 aromatic rings. The minimum absolute atomic E-state index is 0.598. The molecule has 0 saturated heterocycles. The quantitative estimate of drug-likeness (QED) is 0.777. The lowest BCUT2D eigenvalue weighted by Crippen LogP contribution is -1.97. The fourth-order valence-corrected chi connectivity index (χ4v) is 1.71. The third kappa shape index (κ3) is 2.60. The molecule has 3 rings (SSSR count). The molecule has 1 N–H and O–H groups in total. The molecule has 0 bridgehead atoms. The lowest BCUT2D eigenvalue weighted by molar-refractivity contribution is 1.06. The Labute approximate surface area is 111 Å². The average Bonchev–Trinajstić information content (AvgIpc) is 2.96. The van der Waals surface area contributed by atoms with Crippen molar-refractivity contribution in [1.82, 2.24) is 19.5 Å². The van der Waals surface area contributed by atoms with Crippen LogP contribution < -0.4 is 5.32 Å². The lowest BCUT2D eigenvalue weighted by atomic mass is 10.3. The van der Waals surface area contributed by atoms with Gasteiger partial charge < -0.3 is 9.88 Å². The van der Waals surface area contributed by atoms with Crippen LogP contribution in [-0.4, -0.2) is 19.5 Å². The van der Waals surface area contributed by atoms with Crippen molar-refractivity contribution in [3.8, 4) is 5.69 Å². The second kappa shape index (κ2) is 4.89. The molecule has 0 atom stereocenters. The Morgan fingerprint density at radius 2 is 1.79 bits per heavy atom. The van der Waals surface area contributed by atoms with Crippen LogP contribution in [0.15, 0.2) is 55.4 Å². The van der Waals surface area contributed by atoms with Crippen LogP contribution in [0.25, 0.3) is 5.69 Å². The maximum atomic E-state index is 4.21. The number of hydrogen-bond acceptors (Lipinski definition) is 4. The highest BCUT2D eigenvalue weighted by molar-refractivity contribution is 5.55. The van der Waals surface area contributed by atoms with Gasteiger partial charge in [-0.1, -0.05) is 0 Å². The summed E-state index contributed by atoms with van der Waals surface area (Å²) in [5.74, 6) is 0.598. The third-order valence-corrected chi connectivity index (χ3v) is 2.71. The Balaban J connectivity index is 1.77. The van der Waals surface area contributed by atoms with Gasteiger partial charge >= 0.3 is 0 Å². The van der Waals surface area contributed by atoms with Gasteiger partial charge in [-0.25, -0.2) is 15.0 Å². The molecule has 19 heavy (non-hydrogen) atoms. The Morgan fingerprint density at radius 1 is 1.05 bits per heavy atom. The molecule has 0 spiro atoms. The van der Waals surface area contributed by atoms with Crippen molar-refractivity contribution in [3.63, 3.8) is 0 Å². The fourth-order valence-electron chi connectivity index (χ4n) is 1.71. The number of imidazole rings is 1.